The lowest BCUT2D eigenvalue weighted by Crippen LogP contribution is -2.38. The van der Waals surface area contributed by atoms with Crippen LogP contribution in [0.15, 0.2) is 24.3 Å². The predicted molar refractivity (Wildman–Crippen MR) is 73.0 cm³/mol. The van der Waals surface area contributed by atoms with Gasteiger partial charge in [0.2, 0.25) is 5.91 Å². The third kappa shape index (κ3) is 5.52. The molecule has 1 aromatic rings. The van der Waals surface area contributed by atoms with E-state index in [0.29, 0.717) is 12.1 Å². The van der Waals surface area contributed by atoms with Crippen molar-refractivity contribution in [2.75, 3.05) is 19.6 Å². The van der Waals surface area contributed by atoms with E-state index < -0.39 is 5.91 Å². The summed E-state index contributed by atoms with van der Waals surface area (Å²) < 4.78 is 0. The van der Waals surface area contributed by atoms with Crippen LogP contribution in [0.2, 0.25) is 0 Å². The molecule has 0 heterocycles. The summed E-state index contributed by atoms with van der Waals surface area (Å²) >= 11 is 0. The van der Waals surface area contributed by atoms with E-state index in [1.54, 1.807) is 17.0 Å². The fourth-order valence-corrected chi connectivity index (χ4v) is 1.76. The van der Waals surface area contributed by atoms with Gasteiger partial charge in [-0.25, -0.2) is 0 Å². The lowest BCUT2D eigenvalue weighted by atomic mass is 10.1. The average molecular weight is 264 g/mol. The zero-order valence-corrected chi connectivity index (χ0v) is 11.1. The Labute approximate surface area is 113 Å². The highest BCUT2D eigenvalue weighted by molar-refractivity contribution is 5.97. The number of nitrogens with zero attached hydrogens (tertiary/aromatic N) is 1. The average Bonchev–Trinajstić information content (AvgIpc) is 2.36. The van der Waals surface area contributed by atoms with E-state index in [9.17, 15) is 14.7 Å². The molecule has 0 aromatic heterocycles. The molecule has 1 aromatic carbocycles. The fraction of sp³-hybridized carbons (Fsp3) is 0.429. The van der Waals surface area contributed by atoms with Crippen molar-refractivity contribution in [1.82, 2.24) is 4.90 Å². The number of carbonyl (C=O) groups excluding carboxylic acids is 2. The lowest BCUT2D eigenvalue weighted by molar-refractivity contribution is -0.119. The van der Waals surface area contributed by atoms with Gasteiger partial charge in [-0.15, -0.1) is 0 Å². The molecule has 1 rings (SSSR count). The smallest absolute Gasteiger partial charge is 0.231 e. The number of aromatic hydroxyl groups is 1. The van der Waals surface area contributed by atoms with E-state index in [1.807, 2.05) is 6.92 Å². The first-order chi connectivity index (χ1) is 9.02. The van der Waals surface area contributed by atoms with E-state index in [2.05, 4.69) is 0 Å². The van der Waals surface area contributed by atoms with Crippen LogP contribution in [0, 0.1) is 0 Å². The Morgan fingerprint density at radius 2 is 1.84 bits per heavy atom. The number of amides is 1. The van der Waals surface area contributed by atoms with Gasteiger partial charge in [0.15, 0.2) is 5.78 Å². The Balaban J connectivity index is 2.63. The summed E-state index contributed by atoms with van der Waals surface area (Å²) in [6, 6.07) is 6.08. The van der Waals surface area contributed by atoms with Crippen molar-refractivity contribution in [1.29, 1.82) is 0 Å². The number of hydrogen-bond donors (Lipinski definition) is 2. The maximum Gasteiger partial charge on any atom is 0.231 e. The third-order valence-corrected chi connectivity index (χ3v) is 2.76. The highest BCUT2D eigenvalue weighted by atomic mass is 16.3. The lowest BCUT2D eigenvalue weighted by Gasteiger charge is -2.19. The molecule has 0 radical (unpaired) electrons. The molecule has 0 unspecified atom stereocenters. The molecule has 0 aliphatic carbocycles. The third-order valence-electron chi connectivity index (χ3n) is 2.76. The Morgan fingerprint density at radius 1 is 1.21 bits per heavy atom. The van der Waals surface area contributed by atoms with E-state index in [4.69, 9.17) is 5.73 Å². The summed E-state index contributed by atoms with van der Waals surface area (Å²) in [7, 11) is 0. The molecule has 0 aliphatic heterocycles. The van der Waals surface area contributed by atoms with Gasteiger partial charge < -0.3 is 10.8 Å². The molecular formula is C14H20N2O3. The highest BCUT2D eigenvalue weighted by Gasteiger charge is 2.14. The number of benzene rings is 1. The van der Waals surface area contributed by atoms with Crippen LogP contribution in [0.3, 0.4) is 0 Å². The molecule has 0 saturated heterocycles. The monoisotopic (exact) mass is 264 g/mol. The molecule has 5 heteroatoms. The maximum absolute atomic E-state index is 12.0. The summed E-state index contributed by atoms with van der Waals surface area (Å²) in [6.07, 6.45) is 1.90. The first kappa shape index (κ1) is 15.2. The number of ketones is 1. The minimum atomic E-state index is -0.436. The summed E-state index contributed by atoms with van der Waals surface area (Å²) in [5, 5.41) is 9.17. The predicted octanol–water partition coefficient (Wildman–Crippen LogP) is 1.16. The zero-order chi connectivity index (χ0) is 14.3. The molecule has 5 nitrogen and oxygen atoms in total. The van der Waals surface area contributed by atoms with Crippen molar-refractivity contribution in [2.24, 2.45) is 5.73 Å². The summed E-state index contributed by atoms with van der Waals surface area (Å²) in [6.45, 7) is 2.96. The van der Waals surface area contributed by atoms with Gasteiger partial charge in [-0.2, -0.15) is 0 Å². The standard InChI is InChI=1S/C14H20N2O3/c1-2-3-8-16(10-14(15)19)9-13(18)11-4-6-12(17)7-5-11/h4-7,17H,2-3,8-10H2,1H3,(H2,15,19). The van der Waals surface area contributed by atoms with E-state index >= 15 is 0 Å². The number of phenolic OH excluding ortho intramolecular Hbond substituents is 1. The summed E-state index contributed by atoms with van der Waals surface area (Å²) in [5.41, 5.74) is 5.69. The van der Waals surface area contributed by atoms with Crippen molar-refractivity contribution in [3.8, 4) is 5.75 Å². The second kappa shape index (κ2) is 7.53. The first-order valence-corrected chi connectivity index (χ1v) is 6.35. The van der Waals surface area contributed by atoms with Crippen LogP contribution in [-0.4, -0.2) is 41.3 Å². The molecular weight excluding hydrogens is 244 g/mol. The second-order valence-electron chi connectivity index (χ2n) is 4.50. The molecule has 104 valence electrons. The molecule has 0 aliphatic rings. The number of Topliss-reactive ketones (excluding diaryl/α,β-unsaturated/α-hetero) is 1. The fourth-order valence-electron chi connectivity index (χ4n) is 1.76. The molecule has 0 bridgehead atoms. The van der Waals surface area contributed by atoms with Gasteiger partial charge in [0.1, 0.15) is 5.75 Å². The summed E-state index contributed by atoms with van der Waals surface area (Å²) in [4.78, 5) is 24.8. The number of nitrogens with two attached hydrogens (primary N) is 1. The number of unbranched alkanes of at least 4 members (excludes halogenated alkanes) is 1. The minimum Gasteiger partial charge on any atom is -0.508 e. The number of primary amides is 1. The number of carbonyl (C=O) groups is 2. The normalized spacial score (nSPS) is 10.6. The van der Waals surface area contributed by atoms with Gasteiger partial charge >= 0.3 is 0 Å². The van der Waals surface area contributed by atoms with Crippen LogP contribution < -0.4 is 5.73 Å². The molecule has 19 heavy (non-hydrogen) atoms. The van der Waals surface area contributed by atoms with Crippen LogP contribution in [-0.2, 0) is 4.79 Å². The molecule has 3 N–H and O–H groups in total. The van der Waals surface area contributed by atoms with Crippen molar-refractivity contribution < 1.29 is 14.7 Å². The number of hydrogen-bond acceptors (Lipinski definition) is 4. The molecule has 0 saturated carbocycles. The Bertz CT molecular complexity index is 429. The van der Waals surface area contributed by atoms with Crippen molar-refractivity contribution >= 4 is 11.7 Å². The van der Waals surface area contributed by atoms with Crippen molar-refractivity contribution in [3.63, 3.8) is 0 Å². The molecule has 1 amide bonds. The van der Waals surface area contributed by atoms with Gasteiger partial charge in [0.25, 0.3) is 0 Å². The van der Waals surface area contributed by atoms with Crippen LogP contribution >= 0.6 is 0 Å². The number of rotatable bonds is 8. The van der Waals surface area contributed by atoms with Crippen molar-refractivity contribution in [2.45, 2.75) is 19.8 Å². The minimum absolute atomic E-state index is 0.0858. The van der Waals surface area contributed by atoms with Gasteiger partial charge in [0.05, 0.1) is 13.1 Å². The van der Waals surface area contributed by atoms with Crippen LogP contribution in [0.4, 0.5) is 0 Å². The Morgan fingerprint density at radius 3 is 2.37 bits per heavy atom. The summed E-state index contributed by atoms with van der Waals surface area (Å²) in [5.74, 6) is -0.400. The van der Waals surface area contributed by atoms with Crippen LogP contribution in [0.1, 0.15) is 30.1 Å². The first-order valence-electron chi connectivity index (χ1n) is 6.35. The number of phenols is 1. The SMILES string of the molecule is CCCCN(CC(N)=O)CC(=O)c1ccc(O)cc1. The van der Waals surface area contributed by atoms with Gasteiger partial charge in [-0.1, -0.05) is 13.3 Å². The molecule has 0 spiro atoms. The molecule has 0 fully saturated rings. The van der Waals surface area contributed by atoms with Gasteiger partial charge in [0, 0.05) is 5.56 Å². The van der Waals surface area contributed by atoms with Crippen LogP contribution in [0.25, 0.3) is 0 Å². The maximum atomic E-state index is 12.0. The van der Waals surface area contributed by atoms with Gasteiger partial charge in [-0.3, -0.25) is 14.5 Å². The topological polar surface area (TPSA) is 83.6 Å². The van der Waals surface area contributed by atoms with E-state index in [1.165, 1.54) is 12.1 Å². The highest BCUT2D eigenvalue weighted by Crippen LogP contribution is 2.10. The van der Waals surface area contributed by atoms with Gasteiger partial charge in [-0.05, 0) is 37.2 Å². The Kier molecular flexibility index (Phi) is 6.02. The Hall–Kier alpha value is -1.88. The second-order valence-corrected chi connectivity index (χ2v) is 4.50. The largest absolute Gasteiger partial charge is 0.508 e. The zero-order valence-electron chi connectivity index (χ0n) is 11.1. The molecule has 0 atom stereocenters. The van der Waals surface area contributed by atoms with Crippen molar-refractivity contribution in [3.05, 3.63) is 29.8 Å². The van der Waals surface area contributed by atoms with E-state index in [-0.39, 0.29) is 24.6 Å². The van der Waals surface area contributed by atoms with E-state index in [0.717, 1.165) is 12.8 Å². The quantitative estimate of drug-likeness (QED) is 0.690. The van der Waals surface area contributed by atoms with Crippen LogP contribution in [0.5, 0.6) is 5.75 Å².